The topological polar surface area (TPSA) is 49.3 Å². The third-order valence-corrected chi connectivity index (χ3v) is 6.22. The molecule has 2 heterocycles. The lowest BCUT2D eigenvalue weighted by atomic mass is 9.82. The lowest BCUT2D eigenvalue weighted by Crippen LogP contribution is -2.42. The third kappa shape index (κ3) is 3.39. The molecule has 0 amide bonds. The maximum atomic E-state index is 13.7. The molecule has 1 aliphatic carbocycles. The predicted molar refractivity (Wildman–Crippen MR) is 100 cm³/mol. The van der Waals surface area contributed by atoms with Gasteiger partial charge in [-0.05, 0) is 37.8 Å². The number of fused-ring (bicyclic) bond motifs is 1. The molecule has 3 N–H and O–H groups in total. The zero-order chi connectivity index (χ0) is 18.1. The van der Waals surface area contributed by atoms with Gasteiger partial charge in [0.2, 0.25) is 0 Å². The second-order valence-corrected chi connectivity index (χ2v) is 7.80. The summed E-state index contributed by atoms with van der Waals surface area (Å²) < 4.78 is 15.9. The first-order chi connectivity index (χ1) is 12.0. The Morgan fingerprint density at radius 3 is 2.76 bits per heavy atom. The number of nitrogens with zero attached hydrogens (tertiary/aromatic N) is 1. The molecule has 0 radical (unpaired) electrons. The Morgan fingerprint density at radius 1 is 1.36 bits per heavy atom. The van der Waals surface area contributed by atoms with E-state index in [4.69, 9.17) is 5.73 Å². The summed E-state index contributed by atoms with van der Waals surface area (Å²) in [5.41, 5.74) is 9.72. The molecule has 0 aromatic rings. The highest BCUT2D eigenvalue weighted by atomic mass is 19.1. The highest BCUT2D eigenvalue weighted by Gasteiger charge is 2.48. The molecule has 5 unspecified atom stereocenters. The average molecular weight is 347 g/mol. The van der Waals surface area contributed by atoms with E-state index >= 15 is 0 Å². The van der Waals surface area contributed by atoms with Crippen molar-refractivity contribution in [3.05, 3.63) is 35.2 Å². The largest absolute Gasteiger partial charge is 0.337 e. The molecule has 3 nitrogen and oxygen atoms in total. The smallest absolute Gasteiger partial charge is 0.258 e. The van der Waals surface area contributed by atoms with Crippen molar-refractivity contribution in [2.24, 2.45) is 17.6 Å². The minimum Gasteiger partial charge on any atom is -0.337 e. The second kappa shape index (κ2) is 7.55. The van der Waals surface area contributed by atoms with Gasteiger partial charge in [0.25, 0.3) is 6.23 Å². The van der Waals surface area contributed by atoms with E-state index in [1.54, 1.807) is 0 Å². The molecule has 138 valence electrons. The maximum Gasteiger partial charge on any atom is 0.258 e. The number of rotatable bonds is 6. The molecule has 2 aliphatic heterocycles. The van der Waals surface area contributed by atoms with Crippen molar-refractivity contribution < 1.29 is 14.1 Å². The molecule has 0 aromatic heterocycles. The van der Waals surface area contributed by atoms with Crippen LogP contribution in [-0.4, -0.2) is 33.7 Å². The maximum absolute atomic E-state index is 13.7. The van der Waals surface area contributed by atoms with E-state index in [-0.39, 0.29) is 17.8 Å². The number of aliphatic hydroxyl groups excluding tert-OH is 1. The zero-order valence-corrected chi connectivity index (χ0v) is 15.7. The molecule has 1 saturated heterocycles. The molecule has 4 heteroatoms. The first kappa shape index (κ1) is 18.5. The molecule has 0 saturated carbocycles. The van der Waals surface area contributed by atoms with E-state index < -0.39 is 6.23 Å². The third-order valence-electron chi connectivity index (χ3n) is 6.22. The van der Waals surface area contributed by atoms with Crippen molar-refractivity contribution in [2.45, 2.75) is 77.6 Å². The Morgan fingerprint density at radius 2 is 2.12 bits per heavy atom. The van der Waals surface area contributed by atoms with Crippen molar-refractivity contribution in [1.29, 1.82) is 0 Å². The second-order valence-electron chi connectivity index (χ2n) is 7.80. The monoisotopic (exact) mass is 347 g/mol. The number of aliphatic hydroxyl groups is 1. The average Bonchev–Trinajstić information content (AvgIpc) is 3.15. The summed E-state index contributed by atoms with van der Waals surface area (Å²) in [4.78, 5) is 0. The summed E-state index contributed by atoms with van der Waals surface area (Å²) in [6, 6.07) is 0.190. The minimum atomic E-state index is -0.411. The quantitative estimate of drug-likeness (QED) is 0.717. The summed E-state index contributed by atoms with van der Waals surface area (Å²) >= 11 is 0. The lowest BCUT2D eigenvalue weighted by molar-refractivity contribution is -0.610. The molecular formula is C21H32FN2O+. The van der Waals surface area contributed by atoms with Crippen molar-refractivity contribution in [3.63, 3.8) is 0 Å². The molecule has 5 atom stereocenters. The molecule has 3 rings (SSSR count). The number of hydrogen-bond acceptors (Lipinski definition) is 2. The van der Waals surface area contributed by atoms with Crippen molar-refractivity contribution >= 4 is 5.71 Å². The summed E-state index contributed by atoms with van der Waals surface area (Å²) in [5, 5.41) is 10.8. The molecule has 0 aromatic carbocycles. The van der Waals surface area contributed by atoms with Crippen molar-refractivity contribution in [2.75, 3.05) is 0 Å². The van der Waals surface area contributed by atoms with Crippen LogP contribution in [0.4, 0.5) is 4.39 Å². The standard InChI is InChI=1S/C21H32FN2O/c1-4-6-17(20(23)15-7-9-18(22)13(3)11-15)19-10-8-16-12-14(5-2)21(25)24(16)19/h8,10-11,14,16-17,20-21,25H,4-7,9,12,23H2,1-3H3/q+1. The normalized spacial score (nSPS) is 31.4. The van der Waals surface area contributed by atoms with Crippen LogP contribution in [0.1, 0.15) is 59.3 Å². The van der Waals surface area contributed by atoms with E-state index in [0.717, 1.165) is 31.3 Å². The highest BCUT2D eigenvalue weighted by molar-refractivity contribution is 5.95. The minimum absolute atomic E-state index is 0.0165. The van der Waals surface area contributed by atoms with Crippen LogP contribution >= 0.6 is 0 Å². The van der Waals surface area contributed by atoms with E-state index in [2.05, 4.69) is 30.6 Å². The molecule has 1 fully saturated rings. The van der Waals surface area contributed by atoms with Crippen LogP contribution in [0.15, 0.2) is 35.2 Å². The van der Waals surface area contributed by atoms with Crippen LogP contribution in [0, 0.1) is 11.8 Å². The molecule has 0 bridgehead atoms. The van der Waals surface area contributed by atoms with Gasteiger partial charge in [0, 0.05) is 25.0 Å². The first-order valence-electron chi connectivity index (χ1n) is 9.80. The summed E-state index contributed by atoms with van der Waals surface area (Å²) in [5.74, 6) is 0.491. The van der Waals surface area contributed by atoms with Gasteiger partial charge in [-0.1, -0.05) is 31.9 Å². The van der Waals surface area contributed by atoms with E-state index in [9.17, 15) is 9.50 Å². The number of halogens is 1. The fraction of sp³-hybridized carbons (Fsp3) is 0.667. The van der Waals surface area contributed by atoms with Gasteiger partial charge in [-0.2, -0.15) is 4.58 Å². The number of hydrogen-bond donors (Lipinski definition) is 2. The van der Waals surface area contributed by atoms with Crippen molar-refractivity contribution in [1.82, 2.24) is 0 Å². The van der Waals surface area contributed by atoms with Gasteiger partial charge in [0.15, 0.2) is 11.8 Å². The summed E-state index contributed by atoms with van der Waals surface area (Å²) in [6.07, 6.45) is 11.1. The molecular weight excluding hydrogens is 315 g/mol. The van der Waals surface area contributed by atoms with Crippen LogP contribution in [-0.2, 0) is 0 Å². The van der Waals surface area contributed by atoms with E-state index in [1.807, 2.05) is 13.0 Å². The Balaban J connectivity index is 1.92. The van der Waals surface area contributed by atoms with Gasteiger partial charge in [-0.3, -0.25) is 0 Å². The zero-order valence-electron chi connectivity index (χ0n) is 15.7. The van der Waals surface area contributed by atoms with Gasteiger partial charge >= 0.3 is 0 Å². The SMILES string of the molecule is CCCC(C1=[N+]2C(C=C1)CC(CC)C2O)C(N)C1=CC(C)=C(F)CC1. The Bertz CT molecular complexity index is 646. The van der Waals surface area contributed by atoms with E-state index in [0.29, 0.717) is 30.4 Å². The van der Waals surface area contributed by atoms with Crippen LogP contribution in [0.5, 0.6) is 0 Å². The number of nitrogens with two attached hydrogens (primary N) is 1. The van der Waals surface area contributed by atoms with Gasteiger partial charge < -0.3 is 10.8 Å². The summed E-state index contributed by atoms with van der Waals surface area (Å²) in [6.45, 7) is 6.14. The van der Waals surface area contributed by atoms with Crippen LogP contribution in [0.25, 0.3) is 0 Å². The lowest BCUT2D eigenvalue weighted by Gasteiger charge is -2.27. The van der Waals surface area contributed by atoms with Gasteiger partial charge in [0.1, 0.15) is 5.83 Å². The predicted octanol–water partition coefficient (Wildman–Crippen LogP) is 3.83. The molecule has 25 heavy (non-hydrogen) atoms. The Hall–Kier alpha value is -1.26. The highest BCUT2D eigenvalue weighted by Crippen LogP contribution is 2.35. The number of allylic oxidation sites excluding steroid dienone is 4. The van der Waals surface area contributed by atoms with Gasteiger partial charge in [-0.15, -0.1) is 0 Å². The van der Waals surface area contributed by atoms with Crippen LogP contribution in [0.2, 0.25) is 0 Å². The van der Waals surface area contributed by atoms with Gasteiger partial charge in [-0.25, -0.2) is 4.39 Å². The first-order valence-corrected chi connectivity index (χ1v) is 9.80. The van der Waals surface area contributed by atoms with Crippen LogP contribution in [0.3, 0.4) is 0 Å². The fourth-order valence-corrected chi connectivity index (χ4v) is 4.70. The van der Waals surface area contributed by atoms with Crippen molar-refractivity contribution in [3.8, 4) is 0 Å². The molecule has 3 aliphatic rings. The Labute approximate surface area is 150 Å². The van der Waals surface area contributed by atoms with Gasteiger partial charge in [0.05, 0.1) is 11.8 Å². The fourth-order valence-electron chi connectivity index (χ4n) is 4.70. The Kier molecular flexibility index (Phi) is 5.59. The van der Waals surface area contributed by atoms with Crippen LogP contribution < -0.4 is 5.73 Å². The summed E-state index contributed by atoms with van der Waals surface area (Å²) in [7, 11) is 0. The van der Waals surface area contributed by atoms with E-state index in [1.165, 1.54) is 5.71 Å². The molecule has 0 spiro atoms.